The van der Waals surface area contributed by atoms with E-state index >= 15 is 0 Å². The first kappa shape index (κ1) is 16.2. The van der Waals surface area contributed by atoms with E-state index in [1.54, 1.807) is 0 Å². The van der Waals surface area contributed by atoms with Gasteiger partial charge in [-0.1, -0.05) is 23.2 Å². The molecule has 1 rings (SSSR count). The zero-order valence-corrected chi connectivity index (χ0v) is 12.5. The number of carboxylic acids is 1. The lowest BCUT2D eigenvalue weighted by molar-refractivity contribution is -0.137. The Morgan fingerprint density at radius 2 is 2.00 bits per heavy atom. The van der Waals surface area contributed by atoms with Crippen molar-refractivity contribution < 1.29 is 18.3 Å². The van der Waals surface area contributed by atoms with Crippen LogP contribution < -0.4 is 0 Å². The van der Waals surface area contributed by atoms with E-state index in [2.05, 4.69) is 0 Å². The average molecular weight is 326 g/mol. The van der Waals surface area contributed by atoms with Crippen molar-refractivity contribution in [1.29, 1.82) is 0 Å². The second-order valence-electron chi connectivity index (χ2n) is 3.90. The second kappa shape index (κ2) is 6.56. The summed E-state index contributed by atoms with van der Waals surface area (Å²) in [6.07, 6.45) is 0.143. The summed E-state index contributed by atoms with van der Waals surface area (Å²) in [6.45, 7) is 0.105. The summed E-state index contributed by atoms with van der Waals surface area (Å²) in [6, 6.07) is 4.11. The van der Waals surface area contributed by atoms with Gasteiger partial charge < -0.3 is 5.11 Å². The lowest BCUT2D eigenvalue weighted by atomic mass is 10.3. The minimum Gasteiger partial charge on any atom is -0.481 e. The van der Waals surface area contributed by atoms with Gasteiger partial charge >= 0.3 is 5.97 Å². The van der Waals surface area contributed by atoms with Gasteiger partial charge in [0.05, 0.1) is 5.02 Å². The quantitative estimate of drug-likeness (QED) is 0.871. The fraction of sp³-hybridized carbons (Fsp3) is 0.364. The van der Waals surface area contributed by atoms with Gasteiger partial charge in [0.15, 0.2) is 0 Å². The molecule has 1 aromatic carbocycles. The zero-order chi connectivity index (χ0) is 14.6. The van der Waals surface area contributed by atoms with Crippen LogP contribution >= 0.6 is 23.2 Å². The number of sulfonamides is 1. The molecule has 0 spiro atoms. The van der Waals surface area contributed by atoms with E-state index in [1.165, 1.54) is 25.2 Å². The Labute approximate surface area is 121 Å². The molecular weight excluding hydrogens is 313 g/mol. The van der Waals surface area contributed by atoms with Crippen LogP contribution in [0.5, 0.6) is 0 Å². The van der Waals surface area contributed by atoms with Crippen molar-refractivity contribution in [3.63, 3.8) is 0 Å². The van der Waals surface area contributed by atoms with Gasteiger partial charge in [-0.2, -0.15) is 0 Å². The summed E-state index contributed by atoms with van der Waals surface area (Å²) < 4.78 is 25.5. The third-order valence-electron chi connectivity index (χ3n) is 2.45. The predicted molar refractivity (Wildman–Crippen MR) is 73.1 cm³/mol. The van der Waals surface area contributed by atoms with Crippen molar-refractivity contribution in [2.24, 2.45) is 0 Å². The normalized spacial score (nSPS) is 11.8. The number of hydrogen-bond donors (Lipinski definition) is 1. The Bertz CT molecular complexity index is 574. The van der Waals surface area contributed by atoms with Gasteiger partial charge in [0.2, 0.25) is 10.0 Å². The number of aliphatic carboxylic acids is 1. The Morgan fingerprint density at radius 3 is 2.53 bits per heavy atom. The minimum atomic E-state index is -3.73. The lowest BCUT2D eigenvalue weighted by Gasteiger charge is -2.17. The molecule has 0 saturated heterocycles. The van der Waals surface area contributed by atoms with Crippen LogP contribution in [0.3, 0.4) is 0 Å². The molecule has 0 aromatic heterocycles. The molecule has 1 N–H and O–H groups in total. The number of carbonyl (C=O) groups is 1. The van der Waals surface area contributed by atoms with Gasteiger partial charge in [0.1, 0.15) is 4.90 Å². The molecule has 0 radical (unpaired) electrons. The van der Waals surface area contributed by atoms with Crippen molar-refractivity contribution in [3.8, 4) is 0 Å². The van der Waals surface area contributed by atoms with Gasteiger partial charge in [0.25, 0.3) is 0 Å². The molecule has 0 fully saturated rings. The number of nitrogens with zero attached hydrogens (tertiary/aromatic N) is 1. The third-order valence-corrected chi connectivity index (χ3v) is 5.02. The van der Waals surface area contributed by atoms with Crippen molar-refractivity contribution >= 4 is 39.2 Å². The first-order chi connectivity index (χ1) is 8.75. The SMILES string of the molecule is CN(CCCC(=O)O)S(=O)(=O)c1ccc(Cl)cc1Cl. The number of benzene rings is 1. The highest BCUT2D eigenvalue weighted by Crippen LogP contribution is 2.27. The maximum absolute atomic E-state index is 12.2. The maximum atomic E-state index is 12.2. The Balaban J connectivity index is 2.87. The first-order valence-corrected chi connectivity index (χ1v) is 7.58. The van der Waals surface area contributed by atoms with Gasteiger partial charge in [-0.25, -0.2) is 12.7 Å². The van der Waals surface area contributed by atoms with Crippen molar-refractivity contribution in [2.75, 3.05) is 13.6 Å². The van der Waals surface area contributed by atoms with E-state index in [9.17, 15) is 13.2 Å². The van der Waals surface area contributed by atoms with Crippen molar-refractivity contribution in [2.45, 2.75) is 17.7 Å². The molecule has 5 nitrogen and oxygen atoms in total. The van der Waals surface area contributed by atoms with Crippen LogP contribution in [0.15, 0.2) is 23.1 Å². The first-order valence-electron chi connectivity index (χ1n) is 5.38. The summed E-state index contributed by atoms with van der Waals surface area (Å²) in [7, 11) is -2.36. The Hall–Kier alpha value is -0.820. The van der Waals surface area contributed by atoms with Gasteiger partial charge in [-0.05, 0) is 24.6 Å². The van der Waals surface area contributed by atoms with Gasteiger partial charge in [0, 0.05) is 25.0 Å². The summed E-state index contributed by atoms with van der Waals surface area (Å²) in [5.41, 5.74) is 0. The standard InChI is InChI=1S/C11H13Cl2NO4S/c1-14(6-2-3-11(15)16)19(17,18)10-5-4-8(12)7-9(10)13/h4-5,7H,2-3,6H2,1H3,(H,15,16). The van der Waals surface area contributed by atoms with Crippen molar-refractivity contribution in [3.05, 3.63) is 28.2 Å². The predicted octanol–water partition coefficient (Wildman–Crippen LogP) is 2.48. The highest BCUT2D eigenvalue weighted by atomic mass is 35.5. The van der Waals surface area contributed by atoms with Crippen LogP contribution in [0.25, 0.3) is 0 Å². The van der Waals surface area contributed by atoms with Crippen LogP contribution in [-0.2, 0) is 14.8 Å². The largest absolute Gasteiger partial charge is 0.481 e. The zero-order valence-electron chi connectivity index (χ0n) is 10.1. The van der Waals surface area contributed by atoms with Crippen molar-refractivity contribution in [1.82, 2.24) is 4.31 Å². The van der Waals surface area contributed by atoms with Gasteiger partial charge in [-0.15, -0.1) is 0 Å². The molecule has 0 aliphatic rings. The molecule has 1 aromatic rings. The van der Waals surface area contributed by atoms with Crippen LogP contribution in [0.4, 0.5) is 0 Å². The fourth-order valence-corrected chi connectivity index (χ4v) is 3.38. The molecular formula is C11H13Cl2NO4S. The van der Waals surface area contributed by atoms with E-state index in [-0.39, 0.29) is 29.3 Å². The number of halogens is 2. The summed E-state index contributed by atoms with van der Waals surface area (Å²) in [4.78, 5) is 10.3. The Kier molecular flexibility index (Phi) is 5.61. The smallest absolute Gasteiger partial charge is 0.303 e. The summed E-state index contributed by atoms with van der Waals surface area (Å²) in [5.74, 6) is -0.963. The van der Waals surface area contributed by atoms with Crippen LogP contribution in [0.2, 0.25) is 10.0 Å². The fourth-order valence-electron chi connectivity index (χ4n) is 1.43. The molecule has 0 aliphatic carbocycles. The molecule has 0 bridgehead atoms. The second-order valence-corrected chi connectivity index (χ2v) is 6.76. The minimum absolute atomic E-state index is 0.0394. The number of hydrogen-bond acceptors (Lipinski definition) is 3. The molecule has 0 saturated carbocycles. The van der Waals surface area contributed by atoms with Crippen LogP contribution in [0.1, 0.15) is 12.8 Å². The highest BCUT2D eigenvalue weighted by molar-refractivity contribution is 7.89. The van der Waals surface area contributed by atoms with Crippen LogP contribution in [0, 0.1) is 0 Å². The molecule has 0 heterocycles. The third kappa shape index (κ3) is 4.35. The van der Waals surface area contributed by atoms with E-state index < -0.39 is 16.0 Å². The lowest BCUT2D eigenvalue weighted by Crippen LogP contribution is -2.28. The van der Waals surface area contributed by atoms with E-state index in [1.807, 2.05) is 0 Å². The topological polar surface area (TPSA) is 74.7 Å². The molecule has 8 heteroatoms. The van der Waals surface area contributed by atoms with E-state index in [4.69, 9.17) is 28.3 Å². The summed E-state index contributed by atoms with van der Waals surface area (Å²) in [5, 5.41) is 8.90. The van der Waals surface area contributed by atoms with E-state index in [0.717, 1.165) is 4.31 Å². The van der Waals surface area contributed by atoms with Crippen LogP contribution in [-0.4, -0.2) is 37.4 Å². The molecule has 19 heavy (non-hydrogen) atoms. The number of carboxylic acid groups (broad SMARTS) is 1. The number of rotatable bonds is 6. The highest BCUT2D eigenvalue weighted by Gasteiger charge is 2.23. The molecule has 0 atom stereocenters. The monoisotopic (exact) mass is 325 g/mol. The molecule has 106 valence electrons. The Morgan fingerprint density at radius 1 is 1.37 bits per heavy atom. The van der Waals surface area contributed by atoms with Gasteiger partial charge in [-0.3, -0.25) is 4.79 Å². The molecule has 0 amide bonds. The summed E-state index contributed by atoms with van der Waals surface area (Å²) >= 11 is 11.6. The molecule has 0 aliphatic heterocycles. The maximum Gasteiger partial charge on any atom is 0.303 e. The molecule has 0 unspecified atom stereocenters. The van der Waals surface area contributed by atoms with E-state index in [0.29, 0.717) is 5.02 Å². The average Bonchev–Trinajstić information content (AvgIpc) is 2.27.